The highest BCUT2D eigenvalue weighted by atomic mass is 16.5. The molecule has 1 amide bonds. The van der Waals surface area contributed by atoms with Crippen LogP contribution >= 0.6 is 0 Å². The molecule has 0 spiro atoms. The first-order valence-electron chi connectivity index (χ1n) is 4.72. The van der Waals surface area contributed by atoms with Crippen molar-refractivity contribution in [3.05, 3.63) is 0 Å². The third-order valence-electron chi connectivity index (χ3n) is 2.91. The van der Waals surface area contributed by atoms with E-state index in [0.29, 0.717) is 18.7 Å². The molecule has 12 heavy (non-hydrogen) atoms. The van der Waals surface area contributed by atoms with Crippen LogP contribution in [0, 0.1) is 0 Å². The van der Waals surface area contributed by atoms with E-state index >= 15 is 0 Å². The molecule has 2 rings (SSSR count). The largest absolute Gasteiger partial charge is 0.369 e. The smallest absolute Gasteiger partial charge is 0.249 e. The summed E-state index contributed by atoms with van der Waals surface area (Å²) >= 11 is 0. The van der Waals surface area contributed by atoms with Crippen LogP contribution in [0.5, 0.6) is 0 Å². The third kappa shape index (κ3) is 1.12. The highest BCUT2D eigenvalue weighted by molar-refractivity contribution is 5.79. The second-order valence-electron chi connectivity index (χ2n) is 3.61. The first-order valence-corrected chi connectivity index (χ1v) is 4.72. The van der Waals surface area contributed by atoms with Crippen LogP contribution in [0.1, 0.15) is 26.2 Å². The van der Waals surface area contributed by atoms with Gasteiger partial charge in [-0.2, -0.15) is 0 Å². The van der Waals surface area contributed by atoms with Crippen molar-refractivity contribution in [3.8, 4) is 0 Å². The van der Waals surface area contributed by atoms with Crippen LogP contribution in [0.25, 0.3) is 0 Å². The summed E-state index contributed by atoms with van der Waals surface area (Å²) in [5.74, 6) is 0.190. The molecular formula is C9H15NO2. The molecule has 2 aliphatic heterocycles. The number of hydrogen-bond donors (Lipinski definition) is 0. The van der Waals surface area contributed by atoms with Gasteiger partial charge in [0.15, 0.2) is 0 Å². The molecule has 0 aromatic rings. The Morgan fingerprint density at radius 2 is 2.42 bits per heavy atom. The van der Waals surface area contributed by atoms with Gasteiger partial charge in [-0.1, -0.05) is 6.92 Å². The number of amides is 1. The first kappa shape index (κ1) is 8.05. The van der Waals surface area contributed by atoms with Crippen LogP contribution in [-0.2, 0) is 9.53 Å². The number of nitrogens with zero attached hydrogens (tertiary/aromatic N) is 1. The van der Waals surface area contributed by atoms with Gasteiger partial charge in [-0.25, -0.2) is 0 Å². The van der Waals surface area contributed by atoms with Crippen molar-refractivity contribution in [1.29, 1.82) is 0 Å². The number of carbonyl (C=O) groups is 1. The van der Waals surface area contributed by atoms with Crippen LogP contribution in [0.15, 0.2) is 0 Å². The minimum absolute atomic E-state index is 0.190. The molecule has 0 aromatic heterocycles. The molecule has 68 valence electrons. The fraction of sp³-hybridized carbons (Fsp3) is 0.889. The van der Waals surface area contributed by atoms with Gasteiger partial charge in [0.1, 0.15) is 6.61 Å². The normalized spacial score (nSPS) is 35.4. The van der Waals surface area contributed by atoms with Gasteiger partial charge in [-0.15, -0.1) is 0 Å². The van der Waals surface area contributed by atoms with Gasteiger partial charge in [0.25, 0.3) is 0 Å². The van der Waals surface area contributed by atoms with E-state index in [1.54, 1.807) is 0 Å². The number of fused-ring (bicyclic) bond motifs is 1. The van der Waals surface area contributed by atoms with Gasteiger partial charge in [-0.3, -0.25) is 4.79 Å². The highest BCUT2D eigenvalue weighted by Gasteiger charge is 2.38. The van der Waals surface area contributed by atoms with Crippen molar-refractivity contribution in [2.75, 3.05) is 13.2 Å². The van der Waals surface area contributed by atoms with Crippen LogP contribution in [0.2, 0.25) is 0 Å². The molecule has 3 heteroatoms. The maximum absolute atomic E-state index is 11.4. The number of carbonyl (C=O) groups excluding carboxylic acids is 1. The molecule has 0 radical (unpaired) electrons. The molecule has 2 fully saturated rings. The van der Waals surface area contributed by atoms with E-state index in [1.807, 2.05) is 4.90 Å². The lowest BCUT2D eigenvalue weighted by atomic mass is 10.1. The summed E-state index contributed by atoms with van der Waals surface area (Å²) in [4.78, 5) is 13.5. The molecule has 3 nitrogen and oxygen atoms in total. The molecule has 0 aromatic carbocycles. The Balaban J connectivity index is 2.11. The summed E-state index contributed by atoms with van der Waals surface area (Å²) in [6.07, 6.45) is 3.38. The van der Waals surface area contributed by atoms with Gasteiger partial charge in [0.05, 0.1) is 12.6 Å². The predicted octanol–water partition coefficient (Wildman–Crippen LogP) is 0.786. The monoisotopic (exact) mass is 169 g/mol. The molecule has 2 aliphatic rings. The van der Waals surface area contributed by atoms with Crippen LogP contribution < -0.4 is 0 Å². The average Bonchev–Trinajstić information content (AvgIpc) is 2.49. The van der Waals surface area contributed by atoms with E-state index in [4.69, 9.17) is 4.74 Å². The lowest BCUT2D eigenvalue weighted by Gasteiger charge is -2.33. The van der Waals surface area contributed by atoms with Gasteiger partial charge in [0.2, 0.25) is 5.91 Å². The lowest BCUT2D eigenvalue weighted by Crippen LogP contribution is -2.48. The van der Waals surface area contributed by atoms with Crippen molar-refractivity contribution in [1.82, 2.24) is 4.90 Å². The van der Waals surface area contributed by atoms with Gasteiger partial charge >= 0.3 is 0 Å². The van der Waals surface area contributed by atoms with Gasteiger partial charge in [-0.05, 0) is 19.3 Å². The van der Waals surface area contributed by atoms with Crippen molar-refractivity contribution < 1.29 is 9.53 Å². The Hall–Kier alpha value is -0.570. The summed E-state index contributed by atoms with van der Waals surface area (Å²) in [6, 6.07) is 0.877. The van der Waals surface area contributed by atoms with E-state index < -0.39 is 0 Å². The van der Waals surface area contributed by atoms with Crippen molar-refractivity contribution in [2.24, 2.45) is 0 Å². The zero-order valence-corrected chi connectivity index (χ0v) is 7.45. The number of morpholine rings is 1. The second-order valence-corrected chi connectivity index (χ2v) is 3.61. The summed E-state index contributed by atoms with van der Waals surface area (Å²) in [5, 5.41) is 0. The highest BCUT2D eigenvalue weighted by Crippen LogP contribution is 2.28. The van der Waals surface area contributed by atoms with Crippen LogP contribution in [0.4, 0.5) is 0 Å². The Kier molecular flexibility index (Phi) is 2.05. The zero-order valence-electron chi connectivity index (χ0n) is 7.45. The fourth-order valence-electron chi connectivity index (χ4n) is 2.29. The maximum Gasteiger partial charge on any atom is 0.249 e. The number of ether oxygens (including phenoxy) is 1. The predicted molar refractivity (Wildman–Crippen MR) is 44.8 cm³/mol. The fourth-order valence-corrected chi connectivity index (χ4v) is 2.29. The van der Waals surface area contributed by atoms with E-state index in [2.05, 4.69) is 6.92 Å². The first-order chi connectivity index (χ1) is 5.83. The van der Waals surface area contributed by atoms with Crippen molar-refractivity contribution in [2.45, 2.75) is 38.3 Å². The van der Waals surface area contributed by atoms with Crippen molar-refractivity contribution in [3.63, 3.8) is 0 Å². The summed E-state index contributed by atoms with van der Waals surface area (Å²) in [7, 11) is 0. The Morgan fingerprint density at radius 1 is 1.58 bits per heavy atom. The number of hydrogen-bond acceptors (Lipinski definition) is 2. The van der Waals surface area contributed by atoms with Crippen LogP contribution in [0.3, 0.4) is 0 Å². The quantitative estimate of drug-likeness (QED) is 0.580. The Labute approximate surface area is 72.7 Å². The molecule has 0 saturated carbocycles. The standard InChI is InChI=1S/C9H15NO2/c1-2-7-3-4-8-5-12-6-9(11)10(7)8/h7-8H,2-6H2,1H3/t7-,8+/m1/s1. The molecule has 0 bridgehead atoms. The lowest BCUT2D eigenvalue weighted by molar-refractivity contribution is -0.148. The molecule has 2 heterocycles. The van der Waals surface area contributed by atoms with E-state index in [0.717, 1.165) is 25.9 Å². The Bertz CT molecular complexity index is 187. The second kappa shape index (κ2) is 3.05. The topological polar surface area (TPSA) is 29.5 Å². The van der Waals surface area contributed by atoms with E-state index in [9.17, 15) is 4.79 Å². The SMILES string of the molecule is CC[C@@H]1CC[C@H]2COCC(=O)N12. The van der Waals surface area contributed by atoms with Crippen LogP contribution in [-0.4, -0.2) is 36.1 Å². The summed E-state index contributed by atoms with van der Waals surface area (Å²) < 4.78 is 5.20. The summed E-state index contributed by atoms with van der Waals surface area (Å²) in [6.45, 7) is 3.20. The van der Waals surface area contributed by atoms with Gasteiger partial charge in [0, 0.05) is 6.04 Å². The third-order valence-corrected chi connectivity index (χ3v) is 2.91. The molecular weight excluding hydrogens is 154 g/mol. The minimum atomic E-state index is 0.190. The molecule has 2 saturated heterocycles. The van der Waals surface area contributed by atoms with Crippen molar-refractivity contribution >= 4 is 5.91 Å². The van der Waals surface area contributed by atoms with Gasteiger partial charge < -0.3 is 9.64 Å². The molecule has 0 aliphatic carbocycles. The summed E-state index contributed by atoms with van der Waals surface area (Å²) in [5.41, 5.74) is 0. The molecule has 0 unspecified atom stereocenters. The zero-order chi connectivity index (χ0) is 8.55. The average molecular weight is 169 g/mol. The molecule has 0 N–H and O–H groups in total. The number of rotatable bonds is 1. The molecule has 2 atom stereocenters. The van der Waals surface area contributed by atoms with E-state index in [1.165, 1.54) is 0 Å². The minimum Gasteiger partial charge on any atom is -0.369 e. The Morgan fingerprint density at radius 3 is 3.17 bits per heavy atom. The van der Waals surface area contributed by atoms with E-state index in [-0.39, 0.29) is 5.91 Å². The maximum atomic E-state index is 11.4.